The van der Waals surface area contributed by atoms with E-state index in [1.54, 1.807) is 23.2 Å². The van der Waals surface area contributed by atoms with Gasteiger partial charge < -0.3 is 5.73 Å². The van der Waals surface area contributed by atoms with Gasteiger partial charge in [-0.3, -0.25) is 9.13 Å². The largest absolute Gasteiger partial charge is 0.375 e. The van der Waals surface area contributed by atoms with Crippen molar-refractivity contribution in [2.24, 2.45) is 14.1 Å². The number of benzene rings is 1. The number of rotatable bonds is 1. The summed E-state index contributed by atoms with van der Waals surface area (Å²) in [5.74, 6) is 0. The minimum Gasteiger partial charge on any atom is -0.375 e. The monoisotopic (exact) mass is 352 g/mol. The molecule has 3 rings (SSSR count). The maximum atomic E-state index is 12.0. The molecule has 0 saturated carbocycles. The third-order valence-corrected chi connectivity index (χ3v) is 4.89. The van der Waals surface area contributed by atoms with Crippen LogP contribution in [-0.4, -0.2) is 14.1 Å². The number of nitrogens with two attached hydrogens (primary N) is 1. The van der Waals surface area contributed by atoms with Crippen molar-refractivity contribution in [3.63, 3.8) is 0 Å². The van der Waals surface area contributed by atoms with Crippen LogP contribution in [0, 0.1) is 6.92 Å². The smallest absolute Gasteiger partial charge is 0.328 e. The van der Waals surface area contributed by atoms with E-state index in [9.17, 15) is 4.79 Å². The maximum Gasteiger partial charge on any atom is 0.328 e. The number of aryl methyl sites for hydroxylation is 3. The second-order valence-corrected chi connectivity index (χ2v) is 6.77. The average molecular weight is 353 g/mol. The molecule has 1 aromatic carbocycles. The van der Waals surface area contributed by atoms with Gasteiger partial charge >= 0.3 is 5.69 Å². The van der Waals surface area contributed by atoms with E-state index in [1.165, 1.54) is 11.3 Å². The first-order valence-electron chi connectivity index (χ1n) is 5.98. The molecule has 0 atom stereocenters. The zero-order valence-electron chi connectivity index (χ0n) is 11.3. The summed E-state index contributed by atoms with van der Waals surface area (Å²) in [6.07, 6.45) is 0. The van der Waals surface area contributed by atoms with Crippen molar-refractivity contribution in [3.8, 4) is 11.3 Å². The fraction of sp³-hybridized carbons (Fsp3) is 0.231. The number of nitrogens with zero attached hydrogens (tertiary/aromatic N) is 3. The first-order chi connectivity index (χ1) is 9.40. The van der Waals surface area contributed by atoms with E-state index in [4.69, 9.17) is 5.73 Å². The fourth-order valence-electron chi connectivity index (χ4n) is 2.37. The summed E-state index contributed by atoms with van der Waals surface area (Å²) in [5, 5.41) is 0.548. The lowest BCUT2D eigenvalue weighted by Gasteiger charge is -2.05. The lowest BCUT2D eigenvalue weighted by molar-refractivity contribution is 0.795. The van der Waals surface area contributed by atoms with Crippen molar-refractivity contribution in [1.29, 1.82) is 0 Å². The van der Waals surface area contributed by atoms with Gasteiger partial charge in [0, 0.05) is 29.0 Å². The van der Waals surface area contributed by atoms with Crippen LogP contribution < -0.4 is 11.4 Å². The van der Waals surface area contributed by atoms with Crippen LogP contribution in [-0.2, 0) is 14.1 Å². The van der Waals surface area contributed by atoms with Gasteiger partial charge in [0.2, 0.25) is 0 Å². The number of hydrogen-bond donors (Lipinski definition) is 1. The van der Waals surface area contributed by atoms with E-state index in [1.807, 2.05) is 19.1 Å². The molecule has 5 nitrogen and oxygen atoms in total. The Morgan fingerprint density at radius 2 is 1.85 bits per heavy atom. The number of fused-ring (bicyclic) bond motifs is 1. The van der Waals surface area contributed by atoms with Gasteiger partial charge in [-0.15, -0.1) is 11.3 Å². The highest BCUT2D eigenvalue weighted by Gasteiger charge is 2.16. The molecule has 2 heterocycles. The summed E-state index contributed by atoms with van der Waals surface area (Å²) in [5.41, 5.74) is 9.29. The van der Waals surface area contributed by atoms with Gasteiger partial charge in [-0.1, -0.05) is 15.9 Å². The summed E-state index contributed by atoms with van der Waals surface area (Å²) in [7, 11) is 3.54. The fourth-order valence-corrected chi connectivity index (χ4v) is 3.59. The molecule has 0 radical (unpaired) electrons. The van der Waals surface area contributed by atoms with Crippen molar-refractivity contribution in [1.82, 2.24) is 14.1 Å². The molecule has 0 amide bonds. The molecule has 0 fully saturated rings. The second kappa shape index (κ2) is 4.46. The molecule has 0 aliphatic rings. The van der Waals surface area contributed by atoms with E-state index in [0.29, 0.717) is 5.13 Å². The third-order valence-electron chi connectivity index (χ3n) is 3.43. The molecule has 0 unspecified atom stereocenters. The Labute approximate surface area is 127 Å². The van der Waals surface area contributed by atoms with E-state index in [-0.39, 0.29) is 5.69 Å². The summed E-state index contributed by atoms with van der Waals surface area (Å²) >= 11 is 5.03. The molecule has 0 spiro atoms. The molecular formula is C13H13BrN4OS. The van der Waals surface area contributed by atoms with Crippen LogP contribution in [0.25, 0.3) is 22.3 Å². The average Bonchev–Trinajstić information content (AvgIpc) is 2.83. The summed E-state index contributed by atoms with van der Waals surface area (Å²) in [6, 6.07) is 3.92. The number of nitrogen functional groups attached to an aromatic ring is 1. The predicted octanol–water partition coefficient (Wildman–Crippen LogP) is 2.65. The Hall–Kier alpha value is -1.60. The highest BCUT2D eigenvalue weighted by molar-refractivity contribution is 9.10. The number of thiazole rings is 1. The molecule has 0 saturated heterocycles. The van der Waals surface area contributed by atoms with Crippen LogP contribution in [0.15, 0.2) is 21.4 Å². The van der Waals surface area contributed by atoms with E-state index in [0.717, 1.165) is 31.6 Å². The van der Waals surface area contributed by atoms with Crippen LogP contribution in [0.3, 0.4) is 0 Å². The van der Waals surface area contributed by atoms with E-state index in [2.05, 4.69) is 20.9 Å². The number of anilines is 1. The highest BCUT2D eigenvalue weighted by atomic mass is 79.9. The molecule has 3 aromatic rings. The molecule has 104 valence electrons. The van der Waals surface area contributed by atoms with Crippen LogP contribution in [0.4, 0.5) is 5.13 Å². The topological polar surface area (TPSA) is 65.8 Å². The van der Waals surface area contributed by atoms with Crippen molar-refractivity contribution in [2.75, 3.05) is 5.73 Å². The van der Waals surface area contributed by atoms with E-state index < -0.39 is 0 Å². The van der Waals surface area contributed by atoms with Crippen LogP contribution >= 0.6 is 27.3 Å². The van der Waals surface area contributed by atoms with Crippen LogP contribution in [0.1, 0.15) is 4.88 Å². The number of hydrogen-bond acceptors (Lipinski definition) is 4. The Bertz CT molecular complexity index is 890. The minimum absolute atomic E-state index is 0.0430. The Morgan fingerprint density at radius 3 is 2.40 bits per heavy atom. The molecule has 2 N–H and O–H groups in total. The van der Waals surface area contributed by atoms with Gasteiger partial charge in [0.1, 0.15) is 0 Å². The zero-order valence-corrected chi connectivity index (χ0v) is 13.7. The summed E-state index contributed by atoms with van der Waals surface area (Å²) in [4.78, 5) is 17.4. The molecule has 0 bridgehead atoms. The maximum absolute atomic E-state index is 12.0. The van der Waals surface area contributed by atoms with E-state index >= 15 is 0 Å². The van der Waals surface area contributed by atoms with Gasteiger partial charge in [0.15, 0.2) is 5.13 Å². The Morgan fingerprint density at radius 1 is 1.25 bits per heavy atom. The molecule has 2 aromatic heterocycles. The molecule has 7 heteroatoms. The lowest BCUT2D eigenvalue weighted by atomic mass is 10.1. The van der Waals surface area contributed by atoms with Gasteiger partial charge in [-0.05, 0) is 19.1 Å². The molecular weight excluding hydrogens is 340 g/mol. The Balaban J connectivity index is 2.38. The summed E-state index contributed by atoms with van der Waals surface area (Å²) in [6.45, 7) is 1.99. The van der Waals surface area contributed by atoms with Gasteiger partial charge in [-0.25, -0.2) is 9.78 Å². The van der Waals surface area contributed by atoms with Crippen molar-refractivity contribution in [2.45, 2.75) is 6.92 Å². The second-order valence-electron chi connectivity index (χ2n) is 4.68. The number of imidazole rings is 1. The van der Waals surface area contributed by atoms with Crippen molar-refractivity contribution < 1.29 is 0 Å². The van der Waals surface area contributed by atoms with Crippen LogP contribution in [0.5, 0.6) is 0 Å². The van der Waals surface area contributed by atoms with Gasteiger partial charge in [-0.2, -0.15) is 0 Å². The number of halogens is 1. The quantitative estimate of drug-likeness (QED) is 0.732. The molecule has 20 heavy (non-hydrogen) atoms. The third kappa shape index (κ3) is 1.81. The first kappa shape index (κ1) is 13.4. The van der Waals surface area contributed by atoms with Gasteiger partial charge in [0.05, 0.1) is 16.7 Å². The predicted molar refractivity (Wildman–Crippen MR) is 86.1 cm³/mol. The minimum atomic E-state index is -0.0430. The summed E-state index contributed by atoms with van der Waals surface area (Å²) < 4.78 is 4.17. The highest BCUT2D eigenvalue weighted by Crippen LogP contribution is 2.35. The van der Waals surface area contributed by atoms with Crippen LogP contribution in [0.2, 0.25) is 0 Å². The van der Waals surface area contributed by atoms with Gasteiger partial charge in [0.25, 0.3) is 0 Å². The zero-order chi connectivity index (χ0) is 14.6. The number of aromatic nitrogens is 3. The lowest BCUT2D eigenvalue weighted by Crippen LogP contribution is -2.19. The SMILES string of the molecule is Cc1sc(N)nc1-c1cc2c(cc1Br)n(C)c(=O)n2C. The van der Waals surface area contributed by atoms with Crippen molar-refractivity contribution in [3.05, 3.63) is 32.0 Å². The Kier molecular flexibility index (Phi) is 2.98. The molecule has 0 aliphatic heterocycles. The molecule has 0 aliphatic carbocycles. The first-order valence-corrected chi connectivity index (χ1v) is 7.59. The normalized spacial score (nSPS) is 11.4. The van der Waals surface area contributed by atoms with Crippen molar-refractivity contribution >= 4 is 43.4 Å². The standard InChI is InChI=1S/C13H13BrN4OS/c1-6-11(16-12(15)20-6)7-4-9-10(5-8(7)14)18(3)13(19)17(9)2/h4-5H,1-3H3,(H2,15,16).